The van der Waals surface area contributed by atoms with Crippen molar-refractivity contribution in [3.05, 3.63) is 65.2 Å². The van der Waals surface area contributed by atoms with Gasteiger partial charge in [0, 0.05) is 17.8 Å². The van der Waals surface area contributed by atoms with Crippen LogP contribution in [-0.2, 0) is 0 Å². The van der Waals surface area contributed by atoms with E-state index in [1.54, 1.807) is 24.2 Å². The summed E-state index contributed by atoms with van der Waals surface area (Å²) in [5, 5.41) is 3.85. The van der Waals surface area contributed by atoms with Gasteiger partial charge in [-0.25, -0.2) is 0 Å². The summed E-state index contributed by atoms with van der Waals surface area (Å²) >= 11 is 6.39. The van der Waals surface area contributed by atoms with Crippen LogP contribution in [0.1, 0.15) is 29.0 Å². The molecule has 1 N–H and O–H groups in total. The average molecular weight is 373 g/mol. The van der Waals surface area contributed by atoms with E-state index in [9.17, 15) is 4.79 Å². The number of halogens is 1. The molecular formula is C20H21ClN2O3. The molecule has 1 atom stereocenters. The Labute approximate surface area is 158 Å². The molecule has 136 valence electrons. The van der Waals surface area contributed by atoms with Crippen LogP contribution >= 0.6 is 11.6 Å². The van der Waals surface area contributed by atoms with Crippen molar-refractivity contribution in [2.75, 3.05) is 25.6 Å². The molecule has 1 amide bonds. The first-order valence-corrected chi connectivity index (χ1v) is 8.76. The van der Waals surface area contributed by atoms with E-state index >= 15 is 0 Å². The molecular weight excluding hydrogens is 352 g/mol. The van der Waals surface area contributed by atoms with Crippen molar-refractivity contribution in [3.8, 4) is 11.5 Å². The molecule has 1 unspecified atom stereocenters. The molecule has 0 radical (unpaired) electrons. The second-order valence-electron chi connectivity index (χ2n) is 5.81. The number of carbonyl (C=O) groups is 1. The molecule has 1 aliphatic rings. The number of fused-ring (bicyclic) bond motifs is 1. The average Bonchev–Trinajstić information content (AvgIpc) is 2.64. The first-order chi connectivity index (χ1) is 12.6. The van der Waals surface area contributed by atoms with E-state index in [4.69, 9.17) is 21.1 Å². The molecule has 0 spiro atoms. The molecule has 2 aromatic carbocycles. The van der Waals surface area contributed by atoms with Crippen LogP contribution in [0.3, 0.4) is 0 Å². The topological polar surface area (TPSA) is 50.8 Å². The van der Waals surface area contributed by atoms with Crippen LogP contribution in [0.25, 0.3) is 0 Å². The number of para-hydroxylation sites is 1. The predicted molar refractivity (Wildman–Crippen MR) is 103 cm³/mol. The molecule has 0 saturated heterocycles. The standard InChI is InChI=1S/C20H21ClN2O3/c1-4-10-23-19(22-16-9-7-6-8-14(16)20(23)24)13-11-15(21)18(25-3)17(12-13)26-5-2/h4,6-9,11-12,19,22H,1,5,10H2,2-3H3. The molecule has 1 heterocycles. The summed E-state index contributed by atoms with van der Waals surface area (Å²) < 4.78 is 11.0. The normalized spacial score (nSPS) is 15.9. The van der Waals surface area contributed by atoms with E-state index in [0.29, 0.717) is 35.2 Å². The Kier molecular flexibility index (Phi) is 5.38. The third-order valence-corrected chi connectivity index (χ3v) is 4.48. The van der Waals surface area contributed by atoms with Crippen LogP contribution in [-0.4, -0.2) is 31.1 Å². The minimum absolute atomic E-state index is 0.0610. The van der Waals surface area contributed by atoms with Crippen molar-refractivity contribution in [1.82, 2.24) is 4.90 Å². The lowest BCUT2D eigenvalue weighted by Crippen LogP contribution is -2.43. The monoisotopic (exact) mass is 372 g/mol. The van der Waals surface area contributed by atoms with Crippen LogP contribution in [0, 0.1) is 0 Å². The summed E-state index contributed by atoms with van der Waals surface area (Å²) in [6.07, 6.45) is 1.31. The number of nitrogens with zero attached hydrogens (tertiary/aromatic N) is 1. The Bertz CT molecular complexity index is 838. The number of amides is 1. The van der Waals surface area contributed by atoms with Crippen LogP contribution < -0.4 is 14.8 Å². The van der Waals surface area contributed by atoms with Gasteiger partial charge in [0.15, 0.2) is 11.5 Å². The zero-order valence-electron chi connectivity index (χ0n) is 14.8. The second-order valence-corrected chi connectivity index (χ2v) is 6.21. The Morgan fingerprint density at radius 2 is 2.12 bits per heavy atom. The highest BCUT2D eigenvalue weighted by Gasteiger charge is 2.33. The Morgan fingerprint density at radius 3 is 2.81 bits per heavy atom. The van der Waals surface area contributed by atoms with E-state index in [1.807, 2.05) is 37.3 Å². The third kappa shape index (κ3) is 3.22. The zero-order chi connectivity index (χ0) is 18.7. The molecule has 26 heavy (non-hydrogen) atoms. The third-order valence-electron chi connectivity index (χ3n) is 4.20. The zero-order valence-corrected chi connectivity index (χ0v) is 15.5. The van der Waals surface area contributed by atoms with Crippen molar-refractivity contribution < 1.29 is 14.3 Å². The number of carbonyl (C=O) groups excluding carboxylic acids is 1. The minimum atomic E-state index is -0.391. The molecule has 0 saturated carbocycles. The van der Waals surface area contributed by atoms with Crippen LogP contribution in [0.2, 0.25) is 5.02 Å². The fourth-order valence-electron chi connectivity index (χ4n) is 3.09. The number of methoxy groups -OCH3 is 1. The summed E-state index contributed by atoms with van der Waals surface area (Å²) in [7, 11) is 1.55. The van der Waals surface area contributed by atoms with Gasteiger partial charge < -0.3 is 19.7 Å². The maximum atomic E-state index is 13.0. The molecule has 0 fully saturated rings. The number of benzene rings is 2. The first-order valence-electron chi connectivity index (χ1n) is 8.38. The molecule has 6 heteroatoms. The smallest absolute Gasteiger partial charge is 0.258 e. The number of ether oxygens (including phenoxy) is 2. The highest BCUT2D eigenvalue weighted by Crippen LogP contribution is 2.41. The largest absolute Gasteiger partial charge is 0.491 e. The highest BCUT2D eigenvalue weighted by molar-refractivity contribution is 6.32. The first kappa shape index (κ1) is 18.1. The van der Waals surface area contributed by atoms with Gasteiger partial charge in [-0.3, -0.25) is 4.79 Å². The number of anilines is 1. The number of rotatable bonds is 6. The maximum Gasteiger partial charge on any atom is 0.258 e. The summed E-state index contributed by atoms with van der Waals surface area (Å²) in [5.41, 5.74) is 2.23. The second kappa shape index (κ2) is 7.70. The van der Waals surface area contributed by atoms with Gasteiger partial charge in [0.1, 0.15) is 6.17 Å². The van der Waals surface area contributed by atoms with E-state index in [0.717, 1.165) is 11.3 Å². The van der Waals surface area contributed by atoms with E-state index in [1.165, 1.54) is 0 Å². The summed E-state index contributed by atoms with van der Waals surface area (Å²) in [6.45, 7) is 6.54. The Hall–Kier alpha value is -2.66. The van der Waals surface area contributed by atoms with E-state index < -0.39 is 6.17 Å². The van der Waals surface area contributed by atoms with Crippen molar-refractivity contribution in [3.63, 3.8) is 0 Å². The van der Waals surface area contributed by atoms with Crippen LogP contribution in [0.15, 0.2) is 49.1 Å². The lowest BCUT2D eigenvalue weighted by molar-refractivity contribution is 0.0707. The Morgan fingerprint density at radius 1 is 1.35 bits per heavy atom. The molecule has 1 aliphatic heterocycles. The minimum Gasteiger partial charge on any atom is -0.491 e. The summed E-state index contributed by atoms with van der Waals surface area (Å²) in [4.78, 5) is 14.7. The molecule has 0 bridgehead atoms. The fourth-order valence-corrected chi connectivity index (χ4v) is 3.39. The molecule has 3 rings (SSSR count). The van der Waals surface area contributed by atoms with Gasteiger partial charge in [-0.1, -0.05) is 29.8 Å². The van der Waals surface area contributed by atoms with E-state index in [-0.39, 0.29) is 5.91 Å². The predicted octanol–water partition coefficient (Wildman–Crippen LogP) is 4.50. The van der Waals surface area contributed by atoms with Gasteiger partial charge in [-0.2, -0.15) is 0 Å². The molecule has 2 aromatic rings. The molecule has 5 nitrogen and oxygen atoms in total. The molecule has 0 aliphatic carbocycles. The van der Waals surface area contributed by atoms with E-state index in [2.05, 4.69) is 11.9 Å². The molecule has 0 aromatic heterocycles. The fraction of sp³-hybridized carbons (Fsp3) is 0.250. The lowest BCUT2D eigenvalue weighted by atomic mass is 10.0. The summed E-state index contributed by atoms with van der Waals surface area (Å²) in [6, 6.07) is 11.1. The van der Waals surface area contributed by atoms with Gasteiger partial charge in [0.2, 0.25) is 0 Å². The van der Waals surface area contributed by atoms with Gasteiger partial charge in [-0.05, 0) is 31.2 Å². The van der Waals surface area contributed by atoms with Crippen molar-refractivity contribution in [2.45, 2.75) is 13.1 Å². The van der Waals surface area contributed by atoms with Gasteiger partial charge >= 0.3 is 0 Å². The SMILES string of the molecule is C=CCN1C(=O)c2ccccc2NC1c1cc(Cl)c(OC)c(OCC)c1. The number of nitrogens with one attached hydrogen (secondary N) is 1. The number of hydrogen-bond donors (Lipinski definition) is 1. The van der Waals surface area contributed by atoms with Crippen molar-refractivity contribution >= 4 is 23.2 Å². The van der Waals surface area contributed by atoms with Gasteiger partial charge in [0.25, 0.3) is 5.91 Å². The Balaban J connectivity index is 2.09. The van der Waals surface area contributed by atoms with Gasteiger partial charge in [0.05, 0.1) is 24.3 Å². The van der Waals surface area contributed by atoms with Crippen LogP contribution in [0.5, 0.6) is 11.5 Å². The van der Waals surface area contributed by atoms with Gasteiger partial charge in [-0.15, -0.1) is 6.58 Å². The number of hydrogen-bond acceptors (Lipinski definition) is 4. The summed E-state index contributed by atoms with van der Waals surface area (Å²) in [5.74, 6) is 0.966. The quantitative estimate of drug-likeness (QED) is 0.758. The maximum absolute atomic E-state index is 13.0. The van der Waals surface area contributed by atoms with Crippen molar-refractivity contribution in [1.29, 1.82) is 0 Å². The van der Waals surface area contributed by atoms with Crippen LogP contribution in [0.4, 0.5) is 5.69 Å². The highest BCUT2D eigenvalue weighted by atomic mass is 35.5. The van der Waals surface area contributed by atoms with Crippen molar-refractivity contribution in [2.24, 2.45) is 0 Å². The lowest BCUT2D eigenvalue weighted by Gasteiger charge is -2.37.